The predicted octanol–water partition coefficient (Wildman–Crippen LogP) is 4.12. The lowest BCUT2D eigenvalue weighted by Crippen LogP contribution is -2.09. The Bertz CT molecular complexity index is 585. The fraction of sp³-hybridized carbons (Fsp3) is 0.143. The predicted molar refractivity (Wildman–Crippen MR) is 68.7 cm³/mol. The molecule has 0 saturated heterocycles. The van der Waals surface area contributed by atoms with Gasteiger partial charge in [0.1, 0.15) is 0 Å². The van der Waals surface area contributed by atoms with E-state index in [4.69, 9.17) is 9.57 Å². The molecule has 0 bridgehead atoms. The van der Waals surface area contributed by atoms with Crippen molar-refractivity contribution in [2.75, 3.05) is 12.6 Å². The molecular weight excluding hydrogens is 271 g/mol. The van der Waals surface area contributed by atoms with Gasteiger partial charge in [0.15, 0.2) is 11.5 Å². The first kappa shape index (κ1) is 14.0. The van der Waals surface area contributed by atoms with Crippen molar-refractivity contribution in [2.24, 2.45) is 0 Å². The SMILES string of the molecule is COc1ccccc1ONc1cccc(C(F)(F)F)c1. The van der Waals surface area contributed by atoms with Crippen molar-refractivity contribution in [1.82, 2.24) is 0 Å². The maximum Gasteiger partial charge on any atom is 0.416 e. The highest BCUT2D eigenvalue weighted by atomic mass is 19.4. The van der Waals surface area contributed by atoms with Gasteiger partial charge < -0.3 is 9.57 Å². The third kappa shape index (κ3) is 3.34. The van der Waals surface area contributed by atoms with Crippen LogP contribution in [0.1, 0.15) is 5.56 Å². The van der Waals surface area contributed by atoms with Crippen LogP contribution in [0.5, 0.6) is 11.5 Å². The van der Waals surface area contributed by atoms with Crippen molar-refractivity contribution in [2.45, 2.75) is 6.18 Å². The minimum atomic E-state index is -4.39. The maximum atomic E-state index is 12.6. The lowest BCUT2D eigenvalue weighted by molar-refractivity contribution is -0.137. The largest absolute Gasteiger partial charge is 0.493 e. The number of halogens is 3. The van der Waals surface area contributed by atoms with E-state index in [1.165, 1.54) is 19.2 Å². The Morgan fingerprint density at radius 1 is 0.950 bits per heavy atom. The number of hydrogen-bond acceptors (Lipinski definition) is 3. The number of benzene rings is 2. The molecule has 1 N–H and O–H groups in total. The molecular formula is C14H12F3NO2. The molecule has 0 spiro atoms. The summed E-state index contributed by atoms with van der Waals surface area (Å²) in [5.41, 5.74) is 1.92. The summed E-state index contributed by atoms with van der Waals surface area (Å²) >= 11 is 0. The molecule has 0 aliphatic heterocycles. The average Bonchev–Trinajstić information content (AvgIpc) is 2.45. The highest BCUT2D eigenvalue weighted by Crippen LogP contribution is 2.31. The first-order valence-corrected chi connectivity index (χ1v) is 5.74. The van der Waals surface area contributed by atoms with Gasteiger partial charge in [-0.1, -0.05) is 18.2 Å². The highest BCUT2D eigenvalue weighted by molar-refractivity contribution is 5.47. The third-order valence-electron chi connectivity index (χ3n) is 2.54. The number of nitrogens with one attached hydrogen (secondary N) is 1. The van der Waals surface area contributed by atoms with Gasteiger partial charge in [0, 0.05) is 0 Å². The van der Waals surface area contributed by atoms with Crippen molar-refractivity contribution in [3.05, 3.63) is 54.1 Å². The van der Waals surface area contributed by atoms with Crippen molar-refractivity contribution in [3.8, 4) is 11.5 Å². The van der Waals surface area contributed by atoms with Gasteiger partial charge in [-0.05, 0) is 30.3 Å². The van der Waals surface area contributed by atoms with Gasteiger partial charge in [-0.25, -0.2) is 5.48 Å². The van der Waals surface area contributed by atoms with E-state index in [1.807, 2.05) is 0 Å². The van der Waals surface area contributed by atoms with E-state index in [2.05, 4.69) is 5.48 Å². The Balaban J connectivity index is 2.11. The Hall–Kier alpha value is -2.37. The van der Waals surface area contributed by atoms with Crippen LogP contribution < -0.4 is 15.1 Å². The van der Waals surface area contributed by atoms with Gasteiger partial charge in [0.2, 0.25) is 0 Å². The smallest absolute Gasteiger partial charge is 0.416 e. The van der Waals surface area contributed by atoms with Crippen LogP contribution in [0, 0.1) is 0 Å². The third-order valence-corrected chi connectivity index (χ3v) is 2.54. The molecule has 0 atom stereocenters. The number of rotatable bonds is 4. The molecule has 0 aliphatic rings. The van der Waals surface area contributed by atoms with E-state index in [9.17, 15) is 13.2 Å². The number of methoxy groups -OCH3 is 1. The van der Waals surface area contributed by atoms with E-state index in [-0.39, 0.29) is 5.69 Å². The standard InChI is InChI=1S/C14H12F3NO2/c1-19-12-7-2-3-8-13(12)20-18-11-6-4-5-10(9-11)14(15,16)17/h2-9,18H,1H3. The summed E-state index contributed by atoms with van der Waals surface area (Å²) in [6, 6.07) is 11.6. The molecule has 0 saturated carbocycles. The second kappa shape index (κ2) is 5.73. The lowest BCUT2D eigenvalue weighted by Gasteiger charge is -2.12. The monoisotopic (exact) mass is 283 g/mol. The molecule has 3 nitrogen and oxygen atoms in total. The molecule has 20 heavy (non-hydrogen) atoms. The molecule has 0 aromatic heterocycles. The van der Waals surface area contributed by atoms with Crippen molar-refractivity contribution in [3.63, 3.8) is 0 Å². The van der Waals surface area contributed by atoms with E-state index in [0.29, 0.717) is 11.5 Å². The summed E-state index contributed by atoms with van der Waals surface area (Å²) in [5.74, 6) is 0.861. The topological polar surface area (TPSA) is 30.5 Å². The second-order valence-electron chi connectivity index (χ2n) is 3.93. The zero-order valence-corrected chi connectivity index (χ0v) is 10.6. The van der Waals surface area contributed by atoms with Crippen LogP contribution in [0.2, 0.25) is 0 Å². The number of anilines is 1. The van der Waals surface area contributed by atoms with Gasteiger partial charge in [-0.2, -0.15) is 13.2 Å². The molecule has 0 radical (unpaired) electrons. The van der Waals surface area contributed by atoms with Gasteiger partial charge in [0.25, 0.3) is 0 Å². The molecule has 6 heteroatoms. The summed E-state index contributed by atoms with van der Waals surface area (Å²) in [4.78, 5) is 5.24. The Kier molecular flexibility index (Phi) is 4.02. The minimum absolute atomic E-state index is 0.200. The molecule has 2 rings (SSSR count). The molecule has 106 valence electrons. The number of para-hydroxylation sites is 2. The number of ether oxygens (including phenoxy) is 1. The van der Waals surface area contributed by atoms with E-state index in [0.717, 1.165) is 12.1 Å². The van der Waals surface area contributed by atoms with E-state index >= 15 is 0 Å². The van der Waals surface area contributed by atoms with Crippen LogP contribution in [0.15, 0.2) is 48.5 Å². The quantitative estimate of drug-likeness (QED) is 0.856. The second-order valence-corrected chi connectivity index (χ2v) is 3.93. The molecule has 0 heterocycles. The number of alkyl halides is 3. The minimum Gasteiger partial charge on any atom is -0.493 e. The van der Waals surface area contributed by atoms with Crippen LogP contribution in [0.25, 0.3) is 0 Å². The van der Waals surface area contributed by atoms with E-state index in [1.54, 1.807) is 24.3 Å². The van der Waals surface area contributed by atoms with Crippen molar-refractivity contribution in [1.29, 1.82) is 0 Å². The maximum absolute atomic E-state index is 12.6. The Morgan fingerprint density at radius 2 is 1.65 bits per heavy atom. The zero-order chi connectivity index (χ0) is 14.6. The fourth-order valence-corrected chi connectivity index (χ4v) is 1.58. The van der Waals surface area contributed by atoms with Gasteiger partial charge >= 0.3 is 6.18 Å². The Labute approximate surface area is 113 Å². The van der Waals surface area contributed by atoms with Crippen LogP contribution in [-0.2, 0) is 6.18 Å². The molecule has 2 aromatic rings. The molecule has 2 aromatic carbocycles. The normalized spacial score (nSPS) is 11.0. The fourth-order valence-electron chi connectivity index (χ4n) is 1.58. The summed E-state index contributed by atoms with van der Waals surface area (Å²) < 4.78 is 42.8. The van der Waals surface area contributed by atoms with Crippen LogP contribution in [-0.4, -0.2) is 7.11 Å². The Morgan fingerprint density at radius 3 is 2.30 bits per heavy atom. The molecule has 0 fully saturated rings. The first-order chi connectivity index (χ1) is 9.50. The zero-order valence-electron chi connectivity index (χ0n) is 10.6. The highest BCUT2D eigenvalue weighted by Gasteiger charge is 2.30. The summed E-state index contributed by atoms with van der Waals surface area (Å²) in [6.07, 6.45) is -4.39. The summed E-state index contributed by atoms with van der Waals surface area (Å²) in [7, 11) is 1.48. The average molecular weight is 283 g/mol. The van der Waals surface area contributed by atoms with Crippen molar-refractivity contribution < 1.29 is 22.7 Å². The number of hydrogen-bond donors (Lipinski definition) is 1. The van der Waals surface area contributed by atoms with Gasteiger partial charge in [-0.15, -0.1) is 0 Å². The van der Waals surface area contributed by atoms with Crippen LogP contribution in [0.4, 0.5) is 18.9 Å². The van der Waals surface area contributed by atoms with Crippen LogP contribution >= 0.6 is 0 Å². The summed E-state index contributed by atoms with van der Waals surface area (Å²) in [6.45, 7) is 0. The summed E-state index contributed by atoms with van der Waals surface area (Å²) in [5, 5.41) is 0. The molecule has 0 amide bonds. The molecule has 0 aliphatic carbocycles. The first-order valence-electron chi connectivity index (χ1n) is 5.74. The van der Waals surface area contributed by atoms with E-state index < -0.39 is 11.7 Å². The van der Waals surface area contributed by atoms with Crippen LogP contribution in [0.3, 0.4) is 0 Å². The van der Waals surface area contributed by atoms with Gasteiger partial charge in [-0.3, -0.25) is 0 Å². The molecule has 0 unspecified atom stereocenters. The van der Waals surface area contributed by atoms with Gasteiger partial charge in [0.05, 0.1) is 18.4 Å². The lowest BCUT2D eigenvalue weighted by atomic mass is 10.2. The van der Waals surface area contributed by atoms with Crippen molar-refractivity contribution >= 4 is 5.69 Å².